The lowest BCUT2D eigenvalue weighted by Gasteiger charge is -2.17. The van der Waals surface area contributed by atoms with E-state index in [-0.39, 0.29) is 53.9 Å². The van der Waals surface area contributed by atoms with Crippen LogP contribution in [0.4, 0.5) is 0 Å². The standard InChI is InChI=1S/C33H42N2O8.2ClH/c1-7-20(3)30(34)32(38)42-26-15-11-22(17-28(26)40-5)9-13-24(36)19-25(37)14-10-23-12-16-27(29(18-23)41-6)43-33(39)31(35)21(4)8-2;;/h9-21,30-31,36H,7-8,34-35H2,1-6H3;2*1H/b13-9+,14-10+,24-19-;;/t20-,21-,30-,31-;;/m0../s1. The van der Waals surface area contributed by atoms with E-state index in [1.165, 1.54) is 32.4 Å². The van der Waals surface area contributed by atoms with Crippen molar-refractivity contribution >= 4 is 54.7 Å². The van der Waals surface area contributed by atoms with Crippen molar-refractivity contribution in [2.45, 2.75) is 52.6 Å². The van der Waals surface area contributed by atoms with Gasteiger partial charge < -0.3 is 35.5 Å². The highest BCUT2D eigenvalue weighted by Gasteiger charge is 2.24. The zero-order valence-corrected chi connectivity index (χ0v) is 28.0. The number of ketones is 1. The van der Waals surface area contributed by atoms with Crippen LogP contribution in [0.1, 0.15) is 51.7 Å². The largest absolute Gasteiger partial charge is 0.508 e. The number of aliphatic hydroxyl groups is 1. The van der Waals surface area contributed by atoms with Crippen LogP contribution in [-0.2, 0) is 14.4 Å². The van der Waals surface area contributed by atoms with Gasteiger partial charge in [-0.2, -0.15) is 0 Å². The molecule has 0 radical (unpaired) electrons. The van der Waals surface area contributed by atoms with E-state index in [2.05, 4.69) is 0 Å². The molecule has 2 aromatic rings. The Kier molecular flexibility index (Phi) is 18.5. The maximum atomic E-state index is 12.4. The number of carbonyl (C=O) groups is 3. The summed E-state index contributed by atoms with van der Waals surface area (Å²) in [7, 11) is 2.88. The highest BCUT2D eigenvalue weighted by Crippen LogP contribution is 2.30. The molecule has 0 spiro atoms. The number of aliphatic hydroxyl groups excluding tert-OH is 1. The van der Waals surface area contributed by atoms with Gasteiger partial charge in [-0.3, -0.25) is 4.79 Å². The van der Waals surface area contributed by atoms with E-state index in [4.69, 9.17) is 30.4 Å². The number of esters is 2. The van der Waals surface area contributed by atoms with Gasteiger partial charge in [-0.05, 0) is 59.4 Å². The SMILES string of the molecule is CC[C@H](C)[C@H](N)C(=O)Oc1ccc(/C=C/C(=O)/C=C(O)/C=C/c2ccc(OC(=O)[C@@H](N)[C@@H](C)CC)c(OC)c2)cc1OC.Cl.Cl. The summed E-state index contributed by atoms with van der Waals surface area (Å²) in [4.78, 5) is 37.1. The van der Waals surface area contributed by atoms with Crippen LogP contribution < -0.4 is 30.4 Å². The first-order valence-electron chi connectivity index (χ1n) is 14.0. The quantitative estimate of drug-likeness (QED) is 0.0692. The number of ether oxygens (including phenoxy) is 4. The molecule has 248 valence electrons. The summed E-state index contributed by atoms with van der Waals surface area (Å²) < 4.78 is 21.5. The zero-order valence-electron chi connectivity index (χ0n) is 26.4. The Balaban J connectivity index is 0.00000968. The molecule has 0 aliphatic carbocycles. The molecule has 5 N–H and O–H groups in total. The number of nitrogens with two attached hydrogens (primary N) is 2. The molecule has 10 nitrogen and oxygen atoms in total. The minimum atomic E-state index is -0.759. The summed E-state index contributed by atoms with van der Waals surface area (Å²) in [6.45, 7) is 7.63. The van der Waals surface area contributed by atoms with Gasteiger partial charge in [0.25, 0.3) is 0 Å². The van der Waals surface area contributed by atoms with Crippen LogP contribution in [0.15, 0.2) is 60.4 Å². The van der Waals surface area contributed by atoms with Gasteiger partial charge in [0.2, 0.25) is 0 Å². The number of hydrogen-bond acceptors (Lipinski definition) is 10. The highest BCUT2D eigenvalue weighted by molar-refractivity contribution is 6.02. The molecule has 0 bridgehead atoms. The lowest BCUT2D eigenvalue weighted by Crippen LogP contribution is -2.39. The first-order valence-corrected chi connectivity index (χ1v) is 14.0. The van der Waals surface area contributed by atoms with Crippen LogP contribution in [0.5, 0.6) is 23.0 Å². The summed E-state index contributed by atoms with van der Waals surface area (Å²) in [5.74, 6) is -0.871. The summed E-state index contributed by atoms with van der Waals surface area (Å²) in [5, 5.41) is 10.2. The molecule has 0 aliphatic heterocycles. The Morgan fingerprint density at radius 2 is 1.13 bits per heavy atom. The number of allylic oxidation sites excluding steroid dienone is 3. The van der Waals surface area contributed by atoms with Gasteiger partial charge in [-0.25, -0.2) is 9.59 Å². The third-order valence-corrected chi connectivity index (χ3v) is 7.03. The van der Waals surface area contributed by atoms with Gasteiger partial charge in [0, 0.05) is 6.08 Å². The Morgan fingerprint density at radius 1 is 0.733 bits per heavy atom. The minimum Gasteiger partial charge on any atom is -0.508 e. The first-order chi connectivity index (χ1) is 20.4. The van der Waals surface area contributed by atoms with Crippen LogP contribution in [-0.4, -0.2) is 49.1 Å². The number of carbonyl (C=O) groups excluding carboxylic acids is 3. The number of methoxy groups -OCH3 is 2. The average Bonchev–Trinajstić information content (AvgIpc) is 3.01. The lowest BCUT2D eigenvalue weighted by molar-refractivity contribution is -0.138. The molecule has 0 saturated carbocycles. The molecule has 2 aromatic carbocycles. The van der Waals surface area contributed by atoms with Gasteiger partial charge in [0.15, 0.2) is 28.8 Å². The van der Waals surface area contributed by atoms with Gasteiger partial charge in [0.05, 0.1) is 14.2 Å². The van der Waals surface area contributed by atoms with E-state index in [1.807, 2.05) is 27.7 Å². The molecular formula is C33H44Cl2N2O8. The first kappa shape index (κ1) is 41.2. The van der Waals surface area contributed by atoms with Gasteiger partial charge in [-0.15, -0.1) is 24.8 Å². The summed E-state index contributed by atoms with van der Waals surface area (Å²) >= 11 is 0. The second-order valence-corrected chi connectivity index (χ2v) is 10.1. The van der Waals surface area contributed by atoms with Crippen molar-refractivity contribution in [2.75, 3.05) is 14.2 Å². The summed E-state index contributed by atoms with van der Waals surface area (Å²) in [6, 6.07) is 8.15. The third kappa shape index (κ3) is 12.6. The van der Waals surface area contributed by atoms with Gasteiger partial charge in [0.1, 0.15) is 17.8 Å². The van der Waals surface area contributed by atoms with Crippen LogP contribution in [0.2, 0.25) is 0 Å². The number of hydrogen-bond donors (Lipinski definition) is 3. The van der Waals surface area contributed by atoms with Crippen LogP contribution in [0, 0.1) is 11.8 Å². The fourth-order valence-electron chi connectivity index (χ4n) is 3.67. The molecule has 0 aliphatic rings. The maximum Gasteiger partial charge on any atom is 0.328 e. The molecule has 12 heteroatoms. The van der Waals surface area contributed by atoms with Crippen molar-refractivity contribution in [3.05, 3.63) is 71.5 Å². The van der Waals surface area contributed by atoms with E-state index in [9.17, 15) is 19.5 Å². The third-order valence-electron chi connectivity index (χ3n) is 7.03. The Bertz CT molecular complexity index is 1380. The summed E-state index contributed by atoms with van der Waals surface area (Å²) in [6.07, 6.45) is 8.26. The smallest absolute Gasteiger partial charge is 0.328 e. The predicted molar refractivity (Wildman–Crippen MR) is 180 cm³/mol. The maximum absolute atomic E-state index is 12.4. The van der Waals surface area contributed by atoms with Crippen molar-refractivity contribution in [2.24, 2.45) is 23.3 Å². The lowest BCUT2D eigenvalue weighted by atomic mass is 10.0. The van der Waals surface area contributed by atoms with Crippen molar-refractivity contribution in [1.29, 1.82) is 0 Å². The molecule has 0 unspecified atom stereocenters. The van der Waals surface area contributed by atoms with Crippen molar-refractivity contribution in [3.63, 3.8) is 0 Å². The van der Waals surface area contributed by atoms with Crippen molar-refractivity contribution < 1.29 is 38.4 Å². The van der Waals surface area contributed by atoms with Crippen molar-refractivity contribution in [1.82, 2.24) is 0 Å². The predicted octanol–water partition coefficient (Wildman–Crippen LogP) is 5.84. The van der Waals surface area contributed by atoms with Crippen LogP contribution in [0.3, 0.4) is 0 Å². The number of rotatable bonds is 15. The highest BCUT2D eigenvalue weighted by atomic mass is 35.5. The second kappa shape index (κ2) is 20.2. The average molecular weight is 668 g/mol. The Labute approximate surface area is 277 Å². The molecule has 45 heavy (non-hydrogen) atoms. The zero-order chi connectivity index (χ0) is 32.1. The normalized spacial score (nSPS) is 14.0. The molecule has 0 fully saturated rings. The second-order valence-electron chi connectivity index (χ2n) is 10.1. The molecule has 0 aromatic heterocycles. The summed E-state index contributed by atoms with van der Waals surface area (Å²) in [5.41, 5.74) is 13.1. The molecule has 0 saturated heterocycles. The Hall–Kier alpha value is -3.83. The van der Waals surface area contributed by atoms with E-state index < -0.39 is 29.8 Å². The van der Waals surface area contributed by atoms with E-state index in [0.717, 1.165) is 18.9 Å². The van der Waals surface area contributed by atoms with E-state index in [0.29, 0.717) is 22.6 Å². The fourth-order valence-corrected chi connectivity index (χ4v) is 3.67. The number of benzene rings is 2. The fraction of sp³-hybridized carbons (Fsp3) is 0.364. The van der Waals surface area contributed by atoms with E-state index in [1.54, 1.807) is 42.5 Å². The topological polar surface area (TPSA) is 160 Å². The minimum absolute atomic E-state index is 0. The van der Waals surface area contributed by atoms with Gasteiger partial charge >= 0.3 is 11.9 Å². The van der Waals surface area contributed by atoms with E-state index >= 15 is 0 Å². The van der Waals surface area contributed by atoms with Crippen LogP contribution in [0.25, 0.3) is 12.2 Å². The Morgan fingerprint density at radius 3 is 1.51 bits per heavy atom. The molecule has 0 amide bonds. The van der Waals surface area contributed by atoms with Gasteiger partial charge in [-0.1, -0.05) is 64.8 Å². The number of halogens is 2. The molecule has 0 heterocycles. The molecular weight excluding hydrogens is 623 g/mol. The van der Waals surface area contributed by atoms with Crippen LogP contribution >= 0.6 is 24.8 Å². The van der Waals surface area contributed by atoms with Crippen molar-refractivity contribution in [3.8, 4) is 23.0 Å². The monoisotopic (exact) mass is 666 g/mol. The molecule has 2 rings (SSSR count). The molecule has 4 atom stereocenters.